The highest BCUT2D eigenvalue weighted by Crippen LogP contribution is 2.33. The summed E-state index contributed by atoms with van der Waals surface area (Å²) in [5.41, 5.74) is 0.537. The maximum Gasteiger partial charge on any atom is 0.416 e. The van der Waals surface area contributed by atoms with Crippen LogP contribution in [0.1, 0.15) is 22.8 Å². The largest absolute Gasteiger partial charge is 0.483 e. The number of halogens is 6. The molecule has 0 radical (unpaired) electrons. The molecule has 4 rings (SSSR count). The van der Waals surface area contributed by atoms with Crippen LogP contribution in [-0.2, 0) is 6.18 Å². The zero-order valence-corrected chi connectivity index (χ0v) is 17.0. The van der Waals surface area contributed by atoms with Gasteiger partial charge in [0.2, 0.25) is 0 Å². The number of fused-ring (bicyclic) bond motifs is 1. The van der Waals surface area contributed by atoms with Crippen molar-refractivity contribution in [3.8, 4) is 5.75 Å². The van der Waals surface area contributed by atoms with Crippen LogP contribution in [-0.4, -0.2) is 61.1 Å². The predicted molar refractivity (Wildman–Crippen MR) is 107 cm³/mol. The van der Waals surface area contributed by atoms with Crippen molar-refractivity contribution in [2.45, 2.75) is 18.5 Å². The molecule has 0 amide bonds. The Morgan fingerprint density at radius 1 is 0.875 bits per heavy atom. The minimum absolute atomic E-state index is 0.179. The van der Waals surface area contributed by atoms with Crippen LogP contribution in [0.4, 0.5) is 26.3 Å². The fraction of sp³-hybridized carbons (Fsp3) is 0.409. The first-order valence-corrected chi connectivity index (χ1v) is 10.1. The monoisotopic (exact) mass is 457 g/mol. The van der Waals surface area contributed by atoms with E-state index >= 15 is 0 Å². The zero-order chi connectivity index (χ0) is 22.9. The second kappa shape index (κ2) is 8.65. The van der Waals surface area contributed by atoms with Crippen LogP contribution in [0.2, 0.25) is 0 Å². The number of piperazine rings is 1. The molecule has 2 heterocycles. The summed E-state index contributed by atoms with van der Waals surface area (Å²) >= 11 is 0. The maximum absolute atomic E-state index is 12.9. The fourth-order valence-corrected chi connectivity index (χ4v) is 3.90. The van der Waals surface area contributed by atoms with E-state index in [1.807, 2.05) is 17.0 Å². The van der Waals surface area contributed by atoms with Crippen LogP contribution in [0.15, 0.2) is 53.5 Å². The molecular weight excluding hydrogens is 436 g/mol. The molecular formula is C22H21F6N3O. The summed E-state index contributed by atoms with van der Waals surface area (Å²) in [6.45, 7) is 0.511. The highest BCUT2D eigenvalue weighted by molar-refractivity contribution is 6.01. The SMILES string of the molecule is FC(F)(F)CN1CCN(C2=NCC(c3ccc(C(F)(F)F)cc3)Oc3ccccc32)CC1. The van der Waals surface area contributed by atoms with Gasteiger partial charge in [0.05, 0.1) is 24.2 Å². The van der Waals surface area contributed by atoms with Crippen molar-refractivity contribution in [2.24, 2.45) is 4.99 Å². The van der Waals surface area contributed by atoms with Gasteiger partial charge in [0.15, 0.2) is 0 Å². The van der Waals surface area contributed by atoms with Crippen molar-refractivity contribution in [2.75, 3.05) is 39.3 Å². The Balaban J connectivity index is 1.54. The number of amidine groups is 1. The van der Waals surface area contributed by atoms with E-state index in [9.17, 15) is 26.3 Å². The molecule has 0 aromatic heterocycles. The third-order valence-corrected chi connectivity index (χ3v) is 5.49. The van der Waals surface area contributed by atoms with E-state index in [1.54, 1.807) is 12.1 Å². The van der Waals surface area contributed by atoms with Gasteiger partial charge in [-0.15, -0.1) is 0 Å². The zero-order valence-electron chi connectivity index (χ0n) is 17.0. The standard InChI is InChI=1S/C22H21F6N3O/c23-21(24,25)14-30-9-11-31(12-10-30)20-17-3-1-2-4-18(17)32-19(13-29-20)15-5-7-16(8-6-15)22(26,27)28/h1-8,19H,9-14H2. The lowest BCUT2D eigenvalue weighted by Gasteiger charge is -2.36. The number of rotatable bonds is 2. The van der Waals surface area contributed by atoms with Crippen molar-refractivity contribution < 1.29 is 31.1 Å². The van der Waals surface area contributed by atoms with Crippen LogP contribution in [0.3, 0.4) is 0 Å². The van der Waals surface area contributed by atoms with Crippen molar-refractivity contribution in [1.82, 2.24) is 9.80 Å². The molecule has 0 bridgehead atoms. The molecule has 0 aliphatic carbocycles. The number of aliphatic imine (C=N–C) groups is 1. The number of ether oxygens (including phenoxy) is 1. The second-order valence-electron chi connectivity index (χ2n) is 7.77. The molecule has 172 valence electrons. The molecule has 10 heteroatoms. The van der Waals surface area contributed by atoms with Crippen LogP contribution < -0.4 is 4.74 Å². The van der Waals surface area contributed by atoms with Gasteiger partial charge in [0.1, 0.15) is 17.7 Å². The van der Waals surface area contributed by atoms with Gasteiger partial charge in [-0.2, -0.15) is 26.3 Å². The summed E-state index contributed by atoms with van der Waals surface area (Å²) in [5, 5.41) is 0. The summed E-state index contributed by atoms with van der Waals surface area (Å²) in [6, 6.07) is 12.0. The third-order valence-electron chi connectivity index (χ3n) is 5.49. The minimum Gasteiger partial charge on any atom is -0.483 e. The Bertz CT molecular complexity index is 963. The van der Waals surface area contributed by atoms with E-state index in [4.69, 9.17) is 4.74 Å². The first-order valence-electron chi connectivity index (χ1n) is 10.1. The summed E-state index contributed by atoms with van der Waals surface area (Å²) in [7, 11) is 0. The quantitative estimate of drug-likeness (QED) is 0.609. The molecule has 0 spiro atoms. The summed E-state index contributed by atoms with van der Waals surface area (Å²) in [6.07, 6.45) is -9.24. The lowest BCUT2D eigenvalue weighted by atomic mass is 10.1. The van der Waals surface area contributed by atoms with Gasteiger partial charge < -0.3 is 9.64 Å². The normalized spacial score (nSPS) is 20.2. The molecule has 32 heavy (non-hydrogen) atoms. The van der Waals surface area contributed by atoms with Crippen LogP contribution in [0.25, 0.3) is 0 Å². The number of hydrogen-bond donors (Lipinski definition) is 0. The van der Waals surface area contributed by atoms with Gasteiger partial charge in [-0.3, -0.25) is 9.89 Å². The molecule has 1 unspecified atom stereocenters. The number of alkyl halides is 6. The highest BCUT2D eigenvalue weighted by Gasteiger charge is 2.34. The molecule has 2 aliphatic rings. The topological polar surface area (TPSA) is 28.1 Å². The van der Waals surface area contributed by atoms with E-state index in [0.29, 0.717) is 35.8 Å². The Morgan fingerprint density at radius 2 is 1.53 bits per heavy atom. The molecule has 1 fully saturated rings. The highest BCUT2D eigenvalue weighted by atomic mass is 19.4. The average molecular weight is 457 g/mol. The van der Waals surface area contributed by atoms with Crippen LogP contribution >= 0.6 is 0 Å². The van der Waals surface area contributed by atoms with Crippen LogP contribution in [0.5, 0.6) is 5.75 Å². The Labute approximate surface area is 181 Å². The van der Waals surface area contributed by atoms with E-state index in [2.05, 4.69) is 4.99 Å². The maximum atomic E-state index is 12.9. The first-order chi connectivity index (χ1) is 15.1. The van der Waals surface area contributed by atoms with Gasteiger partial charge in [0, 0.05) is 26.2 Å². The molecule has 1 saturated heterocycles. The average Bonchev–Trinajstić information content (AvgIpc) is 2.93. The van der Waals surface area contributed by atoms with Gasteiger partial charge in [-0.1, -0.05) is 24.3 Å². The van der Waals surface area contributed by atoms with Gasteiger partial charge in [-0.05, 0) is 29.8 Å². The molecule has 2 aromatic carbocycles. The Hall–Kier alpha value is -2.75. The van der Waals surface area contributed by atoms with Crippen molar-refractivity contribution in [3.63, 3.8) is 0 Å². The number of benzene rings is 2. The first kappa shape index (κ1) is 22.4. The molecule has 1 atom stereocenters. The third kappa shape index (κ3) is 5.17. The fourth-order valence-electron chi connectivity index (χ4n) is 3.90. The second-order valence-corrected chi connectivity index (χ2v) is 7.77. The summed E-state index contributed by atoms with van der Waals surface area (Å²) in [5.74, 6) is 1.16. The molecule has 2 aliphatic heterocycles. The summed E-state index contributed by atoms with van der Waals surface area (Å²) < 4.78 is 82.8. The Morgan fingerprint density at radius 3 is 2.16 bits per heavy atom. The predicted octanol–water partition coefficient (Wildman–Crippen LogP) is 4.77. The number of hydrogen-bond acceptors (Lipinski definition) is 4. The molecule has 4 nitrogen and oxygen atoms in total. The van der Waals surface area contributed by atoms with Crippen LogP contribution in [0, 0.1) is 0 Å². The molecule has 0 saturated carbocycles. The van der Waals surface area contributed by atoms with E-state index < -0.39 is 30.6 Å². The van der Waals surface area contributed by atoms with Crippen molar-refractivity contribution >= 4 is 5.84 Å². The lowest BCUT2D eigenvalue weighted by molar-refractivity contribution is -0.148. The summed E-state index contributed by atoms with van der Waals surface area (Å²) in [4.78, 5) is 7.97. The number of nitrogens with zero attached hydrogens (tertiary/aromatic N) is 3. The van der Waals surface area contributed by atoms with E-state index in [-0.39, 0.29) is 19.6 Å². The van der Waals surface area contributed by atoms with Gasteiger partial charge in [-0.25, -0.2) is 0 Å². The molecule has 0 N–H and O–H groups in total. The smallest absolute Gasteiger partial charge is 0.416 e. The van der Waals surface area contributed by atoms with Crippen molar-refractivity contribution in [3.05, 3.63) is 65.2 Å². The van der Waals surface area contributed by atoms with E-state index in [0.717, 1.165) is 12.1 Å². The number of para-hydroxylation sites is 1. The lowest BCUT2D eigenvalue weighted by Crippen LogP contribution is -2.51. The van der Waals surface area contributed by atoms with E-state index in [1.165, 1.54) is 17.0 Å². The molecule has 2 aromatic rings. The van der Waals surface area contributed by atoms with Gasteiger partial charge >= 0.3 is 12.4 Å². The van der Waals surface area contributed by atoms with Crippen molar-refractivity contribution in [1.29, 1.82) is 0 Å². The van der Waals surface area contributed by atoms with Gasteiger partial charge in [0.25, 0.3) is 0 Å². The Kier molecular flexibility index (Phi) is 6.07. The minimum atomic E-state index is -4.42.